The van der Waals surface area contributed by atoms with Crippen LogP contribution in [0.25, 0.3) is 0 Å². The molecular weight excluding hydrogens is 240 g/mol. The van der Waals surface area contributed by atoms with Crippen LogP contribution in [0.3, 0.4) is 0 Å². The zero-order chi connectivity index (χ0) is 13.0. The lowest BCUT2D eigenvalue weighted by atomic mass is 10.1. The van der Waals surface area contributed by atoms with Crippen LogP contribution in [0.4, 0.5) is 11.4 Å². The average molecular weight is 257 g/mol. The van der Waals surface area contributed by atoms with Gasteiger partial charge in [0.25, 0.3) is 0 Å². The van der Waals surface area contributed by atoms with E-state index in [1.807, 2.05) is 0 Å². The van der Waals surface area contributed by atoms with Crippen molar-refractivity contribution < 1.29 is 9.53 Å². The van der Waals surface area contributed by atoms with Gasteiger partial charge in [0.1, 0.15) is 0 Å². The van der Waals surface area contributed by atoms with Gasteiger partial charge in [-0.25, -0.2) is 4.79 Å². The van der Waals surface area contributed by atoms with E-state index in [-0.39, 0.29) is 0 Å². The summed E-state index contributed by atoms with van der Waals surface area (Å²) in [5.41, 5.74) is 7.02. The Labute approximate surface area is 106 Å². The largest absolute Gasteiger partial charge is 0.465 e. The molecule has 1 aromatic carbocycles. The van der Waals surface area contributed by atoms with Crippen molar-refractivity contribution in [2.45, 2.75) is 13.8 Å². The summed E-state index contributed by atoms with van der Waals surface area (Å²) < 4.78 is 4.70. The molecule has 0 atom stereocenters. The molecule has 0 saturated heterocycles. The summed E-state index contributed by atoms with van der Waals surface area (Å²) in [6.07, 6.45) is 0. The molecule has 0 spiro atoms. The highest BCUT2D eigenvalue weighted by atomic mass is 35.5. The van der Waals surface area contributed by atoms with Gasteiger partial charge >= 0.3 is 5.97 Å². The second-order valence-electron chi connectivity index (χ2n) is 4.19. The van der Waals surface area contributed by atoms with Crippen molar-refractivity contribution in [3.8, 4) is 0 Å². The fraction of sp³-hybridized carbons (Fsp3) is 0.417. The van der Waals surface area contributed by atoms with E-state index >= 15 is 0 Å². The molecule has 3 N–H and O–H groups in total. The topological polar surface area (TPSA) is 64.3 Å². The molecule has 0 amide bonds. The summed E-state index contributed by atoms with van der Waals surface area (Å²) in [7, 11) is 1.33. The first kappa shape index (κ1) is 13.6. The van der Waals surface area contributed by atoms with Crippen molar-refractivity contribution in [1.29, 1.82) is 0 Å². The first-order valence-electron chi connectivity index (χ1n) is 5.37. The van der Waals surface area contributed by atoms with Crippen molar-refractivity contribution in [2.24, 2.45) is 5.92 Å². The molecule has 1 aromatic rings. The van der Waals surface area contributed by atoms with Crippen LogP contribution < -0.4 is 11.1 Å². The second kappa shape index (κ2) is 5.77. The summed E-state index contributed by atoms with van der Waals surface area (Å²) in [6, 6.07) is 3.16. The molecule has 0 aromatic heterocycles. The molecular formula is C12H17ClN2O2. The van der Waals surface area contributed by atoms with Gasteiger partial charge in [-0.05, 0) is 18.1 Å². The summed E-state index contributed by atoms with van der Waals surface area (Å²) >= 11 is 6.07. The van der Waals surface area contributed by atoms with Crippen molar-refractivity contribution in [3.05, 3.63) is 22.7 Å². The van der Waals surface area contributed by atoms with E-state index in [1.54, 1.807) is 12.1 Å². The Bertz CT molecular complexity index is 419. The van der Waals surface area contributed by atoms with E-state index in [1.165, 1.54) is 7.11 Å². The predicted molar refractivity (Wildman–Crippen MR) is 70.5 cm³/mol. The molecule has 17 heavy (non-hydrogen) atoms. The number of nitrogen functional groups attached to an aromatic ring is 1. The number of nitrogens with two attached hydrogens (primary N) is 1. The molecule has 0 heterocycles. The van der Waals surface area contributed by atoms with Crippen molar-refractivity contribution in [3.63, 3.8) is 0 Å². The quantitative estimate of drug-likeness (QED) is 0.642. The van der Waals surface area contributed by atoms with Gasteiger partial charge in [0.05, 0.1) is 23.4 Å². The van der Waals surface area contributed by atoms with Gasteiger partial charge in [-0.2, -0.15) is 0 Å². The zero-order valence-electron chi connectivity index (χ0n) is 10.2. The highest BCUT2D eigenvalue weighted by molar-refractivity contribution is 6.34. The Morgan fingerprint density at radius 3 is 2.71 bits per heavy atom. The third-order valence-corrected chi connectivity index (χ3v) is 2.50. The van der Waals surface area contributed by atoms with Crippen LogP contribution in [0.1, 0.15) is 24.2 Å². The van der Waals surface area contributed by atoms with E-state index in [2.05, 4.69) is 19.2 Å². The molecule has 1 rings (SSSR count). The summed E-state index contributed by atoms with van der Waals surface area (Å²) in [5.74, 6) is -0.0143. The SMILES string of the molecule is COC(=O)c1cc(N)cc(Cl)c1NCC(C)C. The van der Waals surface area contributed by atoms with Crippen LogP contribution in [0, 0.1) is 5.92 Å². The molecule has 0 fully saturated rings. The number of hydrogen-bond acceptors (Lipinski definition) is 4. The van der Waals surface area contributed by atoms with E-state index in [4.69, 9.17) is 22.1 Å². The van der Waals surface area contributed by atoms with Crippen LogP contribution in [0.15, 0.2) is 12.1 Å². The molecule has 0 saturated carbocycles. The Hall–Kier alpha value is -1.42. The number of methoxy groups -OCH3 is 1. The van der Waals surface area contributed by atoms with Crippen molar-refractivity contribution in [1.82, 2.24) is 0 Å². The first-order chi connectivity index (χ1) is 7.95. The third kappa shape index (κ3) is 3.53. The minimum atomic E-state index is -0.453. The standard InChI is InChI=1S/C12H17ClN2O2/c1-7(2)6-15-11-9(12(16)17-3)4-8(14)5-10(11)13/h4-5,7,15H,6,14H2,1-3H3. The van der Waals surface area contributed by atoms with Crippen LogP contribution in [-0.4, -0.2) is 19.6 Å². The number of esters is 1. The number of anilines is 2. The normalized spacial score (nSPS) is 10.4. The number of hydrogen-bond donors (Lipinski definition) is 2. The summed E-state index contributed by atoms with van der Waals surface area (Å²) in [6.45, 7) is 4.85. The molecule has 0 radical (unpaired) electrons. The summed E-state index contributed by atoms with van der Waals surface area (Å²) in [5, 5.41) is 3.56. The smallest absolute Gasteiger partial charge is 0.340 e. The molecule has 0 bridgehead atoms. The van der Waals surface area contributed by atoms with Gasteiger partial charge in [-0.3, -0.25) is 0 Å². The van der Waals surface area contributed by atoms with Gasteiger partial charge < -0.3 is 15.8 Å². The molecule has 0 aliphatic heterocycles. The lowest BCUT2D eigenvalue weighted by Gasteiger charge is -2.14. The molecule has 4 nitrogen and oxygen atoms in total. The maximum Gasteiger partial charge on any atom is 0.340 e. The number of carbonyl (C=O) groups excluding carboxylic acids is 1. The van der Waals surface area contributed by atoms with E-state index in [9.17, 15) is 4.79 Å². The highest BCUT2D eigenvalue weighted by Gasteiger charge is 2.16. The van der Waals surface area contributed by atoms with Crippen molar-refractivity contribution in [2.75, 3.05) is 24.7 Å². The van der Waals surface area contributed by atoms with Crippen LogP contribution in [-0.2, 0) is 4.74 Å². The molecule has 0 unspecified atom stereocenters. The van der Waals surface area contributed by atoms with Crippen LogP contribution >= 0.6 is 11.6 Å². The fourth-order valence-electron chi connectivity index (χ4n) is 1.38. The first-order valence-corrected chi connectivity index (χ1v) is 5.74. The Morgan fingerprint density at radius 1 is 1.53 bits per heavy atom. The zero-order valence-corrected chi connectivity index (χ0v) is 11.0. The van der Waals surface area contributed by atoms with Crippen LogP contribution in [0.5, 0.6) is 0 Å². The Balaban J connectivity index is 3.11. The fourth-order valence-corrected chi connectivity index (χ4v) is 1.68. The van der Waals surface area contributed by atoms with E-state index in [0.29, 0.717) is 34.4 Å². The Morgan fingerprint density at radius 2 is 2.18 bits per heavy atom. The number of carbonyl (C=O) groups is 1. The Kier molecular flexibility index (Phi) is 4.63. The minimum absolute atomic E-state index is 0.359. The predicted octanol–water partition coefficient (Wildman–Crippen LogP) is 2.78. The maximum absolute atomic E-state index is 11.6. The number of ether oxygens (including phenoxy) is 1. The van der Waals surface area contributed by atoms with Gasteiger partial charge in [-0.1, -0.05) is 25.4 Å². The van der Waals surface area contributed by atoms with E-state index < -0.39 is 5.97 Å². The molecule has 0 aliphatic rings. The molecule has 0 aliphatic carbocycles. The van der Waals surface area contributed by atoms with E-state index in [0.717, 1.165) is 0 Å². The number of nitrogens with one attached hydrogen (secondary N) is 1. The van der Waals surface area contributed by atoms with Crippen LogP contribution in [0.2, 0.25) is 5.02 Å². The van der Waals surface area contributed by atoms with Crippen molar-refractivity contribution >= 4 is 28.9 Å². The molecule has 5 heteroatoms. The third-order valence-electron chi connectivity index (χ3n) is 2.20. The number of rotatable bonds is 4. The monoisotopic (exact) mass is 256 g/mol. The maximum atomic E-state index is 11.6. The summed E-state index contributed by atoms with van der Waals surface area (Å²) in [4.78, 5) is 11.6. The molecule has 94 valence electrons. The van der Waals surface area contributed by atoms with Gasteiger partial charge in [0, 0.05) is 12.2 Å². The lowest BCUT2D eigenvalue weighted by Crippen LogP contribution is -2.13. The second-order valence-corrected chi connectivity index (χ2v) is 4.60. The number of benzene rings is 1. The average Bonchev–Trinajstić information content (AvgIpc) is 2.25. The lowest BCUT2D eigenvalue weighted by molar-refractivity contribution is 0.0602. The van der Waals surface area contributed by atoms with Gasteiger partial charge in [-0.15, -0.1) is 0 Å². The highest BCUT2D eigenvalue weighted by Crippen LogP contribution is 2.29. The van der Waals surface area contributed by atoms with Gasteiger partial charge in [0.15, 0.2) is 0 Å². The minimum Gasteiger partial charge on any atom is -0.465 e. The van der Waals surface area contributed by atoms with Gasteiger partial charge in [0.2, 0.25) is 0 Å². The number of halogens is 1.